The summed E-state index contributed by atoms with van der Waals surface area (Å²) in [6.45, 7) is 1.27. The van der Waals surface area contributed by atoms with E-state index in [9.17, 15) is 5.11 Å². The Kier molecular flexibility index (Phi) is 5.86. The van der Waals surface area contributed by atoms with E-state index in [1.807, 2.05) is 41.8 Å². The number of ether oxygens (including phenoxy) is 2. The molecule has 0 saturated heterocycles. The summed E-state index contributed by atoms with van der Waals surface area (Å²) >= 11 is 1.65. The highest BCUT2D eigenvalue weighted by molar-refractivity contribution is 7.09. The number of aliphatic hydroxyl groups excluding tert-OH is 1. The van der Waals surface area contributed by atoms with Crippen molar-refractivity contribution >= 4 is 17.0 Å². The molecular weight excluding hydrogens is 274 g/mol. The fraction of sp³-hybridized carbons (Fsp3) is 0.333. The van der Waals surface area contributed by atoms with Crippen LogP contribution in [0.5, 0.6) is 5.75 Å². The van der Waals surface area contributed by atoms with E-state index in [-0.39, 0.29) is 0 Å². The molecule has 0 aliphatic carbocycles. The molecule has 0 aliphatic rings. The van der Waals surface area contributed by atoms with Crippen LogP contribution in [0.3, 0.4) is 0 Å². The Morgan fingerprint density at radius 1 is 1.25 bits per heavy atom. The van der Waals surface area contributed by atoms with Gasteiger partial charge in [0.1, 0.15) is 5.75 Å². The molecule has 0 aliphatic heterocycles. The Bertz CT molecular complexity index is 502. The Morgan fingerprint density at radius 3 is 2.85 bits per heavy atom. The molecule has 2 N–H and O–H groups in total. The van der Waals surface area contributed by atoms with Crippen LogP contribution in [0.25, 0.3) is 0 Å². The number of methoxy groups -OCH3 is 1. The molecule has 2 aromatic rings. The normalized spacial score (nSPS) is 12.1. The van der Waals surface area contributed by atoms with Crippen LogP contribution < -0.4 is 10.1 Å². The third kappa shape index (κ3) is 4.52. The van der Waals surface area contributed by atoms with Crippen LogP contribution in [0, 0.1) is 0 Å². The summed E-state index contributed by atoms with van der Waals surface area (Å²) in [4.78, 5) is 1.16. The van der Waals surface area contributed by atoms with Crippen LogP contribution in [0.2, 0.25) is 0 Å². The lowest BCUT2D eigenvalue weighted by Gasteiger charge is -2.15. The fourth-order valence-electron chi connectivity index (χ4n) is 1.77. The van der Waals surface area contributed by atoms with Crippen LogP contribution >= 0.6 is 11.3 Å². The predicted molar refractivity (Wildman–Crippen MR) is 81.5 cm³/mol. The predicted octanol–water partition coefficient (Wildman–Crippen LogP) is 2.75. The van der Waals surface area contributed by atoms with E-state index in [2.05, 4.69) is 5.32 Å². The van der Waals surface area contributed by atoms with Gasteiger partial charge in [-0.05, 0) is 23.6 Å². The summed E-state index contributed by atoms with van der Waals surface area (Å²) in [7, 11) is 1.63. The Morgan fingerprint density at radius 2 is 2.10 bits per heavy atom. The molecule has 0 saturated carbocycles. The van der Waals surface area contributed by atoms with E-state index in [1.54, 1.807) is 18.4 Å². The van der Waals surface area contributed by atoms with Crippen molar-refractivity contribution in [1.82, 2.24) is 0 Å². The summed E-state index contributed by atoms with van der Waals surface area (Å²) in [5.41, 5.74) is 0.868. The third-order valence-electron chi connectivity index (χ3n) is 2.77. The zero-order valence-electron chi connectivity index (χ0n) is 11.4. The van der Waals surface area contributed by atoms with Crippen molar-refractivity contribution in [3.63, 3.8) is 0 Å². The molecule has 1 unspecified atom stereocenters. The molecule has 0 fully saturated rings. The number of hydrogen-bond donors (Lipinski definition) is 2. The van der Waals surface area contributed by atoms with Gasteiger partial charge in [-0.2, -0.15) is 0 Å². The summed E-state index contributed by atoms with van der Waals surface area (Å²) in [6.07, 6.45) is -0.556. The SMILES string of the molecule is COc1ccccc1NCC(O)COCc1cccs1. The Hall–Kier alpha value is -1.56. The van der Waals surface area contributed by atoms with Gasteiger partial charge < -0.3 is 19.9 Å². The molecule has 0 bridgehead atoms. The number of aliphatic hydroxyl groups is 1. The molecular formula is C15H19NO3S. The first-order valence-corrected chi connectivity index (χ1v) is 7.32. The maximum Gasteiger partial charge on any atom is 0.141 e. The van der Waals surface area contributed by atoms with Crippen LogP contribution in [0.15, 0.2) is 41.8 Å². The molecule has 1 aromatic heterocycles. The van der Waals surface area contributed by atoms with Gasteiger partial charge in [0.15, 0.2) is 0 Å². The number of benzene rings is 1. The molecule has 20 heavy (non-hydrogen) atoms. The monoisotopic (exact) mass is 293 g/mol. The van der Waals surface area contributed by atoms with Crippen molar-refractivity contribution in [3.8, 4) is 5.75 Å². The highest BCUT2D eigenvalue weighted by Crippen LogP contribution is 2.22. The van der Waals surface area contributed by atoms with Crippen LogP contribution in [0.4, 0.5) is 5.69 Å². The van der Waals surface area contributed by atoms with Crippen LogP contribution in [0.1, 0.15) is 4.88 Å². The molecule has 1 heterocycles. The number of para-hydroxylation sites is 2. The van der Waals surface area contributed by atoms with Crippen molar-refractivity contribution in [2.45, 2.75) is 12.7 Å². The maximum atomic E-state index is 9.88. The van der Waals surface area contributed by atoms with Gasteiger partial charge in [0.2, 0.25) is 0 Å². The first-order valence-electron chi connectivity index (χ1n) is 6.44. The molecule has 0 radical (unpaired) electrons. The minimum absolute atomic E-state index is 0.306. The Labute approximate surface area is 123 Å². The minimum Gasteiger partial charge on any atom is -0.495 e. The minimum atomic E-state index is -0.556. The van der Waals surface area contributed by atoms with Gasteiger partial charge in [-0.3, -0.25) is 0 Å². The van der Waals surface area contributed by atoms with Crippen LogP contribution in [-0.4, -0.2) is 31.5 Å². The van der Waals surface area contributed by atoms with Gasteiger partial charge in [-0.1, -0.05) is 18.2 Å². The molecule has 4 nitrogen and oxygen atoms in total. The second-order valence-electron chi connectivity index (χ2n) is 4.33. The first kappa shape index (κ1) is 14.8. The van der Waals surface area contributed by atoms with Crippen molar-refractivity contribution in [1.29, 1.82) is 0 Å². The summed E-state index contributed by atoms with van der Waals surface area (Å²) in [5, 5.41) is 15.0. The Balaban J connectivity index is 1.70. The number of hydrogen-bond acceptors (Lipinski definition) is 5. The third-order valence-corrected chi connectivity index (χ3v) is 3.62. The second kappa shape index (κ2) is 7.89. The van der Waals surface area contributed by atoms with Crippen molar-refractivity contribution in [2.75, 3.05) is 25.6 Å². The van der Waals surface area contributed by atoms with Crippen molar-refractivity contribution < 1.29 is 14.6 Å². The zero-order chi connectivity index (χ0) is 14.2. The van der Waals surface area contributed by atoms with Gasteiger partial charge in [0.25, 0.3) is 0 Å². The average Bonchev–Trinajstić information content (AvgIpc) is 2.98. The number of rotatable bonds is 8. The maximum absolute atomic E-state index is 9.88. The smallest absolute Gasteiger partial charge is 0.141 e. The van der Waals surface area contributed by atoms with E-state index in [0.717, 1.165) is 16.3 Å². The van der Waals surface area contributed by atoms with Crippen molar-refractivity contribution in [3.05, 3.63) is 46.7 Å². The number of nitrogens with one attached hydrogen (secondary N) is 1. The van der Waals surface area contributed by atoms with E-state index >= 15 is 0 Å². The highest BCUT2D eigenvalue weighted by Gasteiger charge is 2.07. The quantitative estimate of drug-likeness (QED) is 0.786. The topological polar surface area (TPSA) is 50.7 Å². The van der Waals surface area contributed by atoms with Gasteiger partial charge in [0.05, 0.1) is 32.1 Å². The molecule has 1 aromatic carbocycles. The molecule has 0 spiro atoms. The lowest BCUT2D eigenvalue weighted by atomic mass is 10.2. The van der Waals surface area contributed by atoms with Gasteiger partial charge in [0, 0.05) is 11.4 Å². The molecule has 2 rings (SSSR count). The van der Waals surface area contributed by atoms with Crippen molar-refractivity contribution in [2.24, 2.45) is 0 Å². The summed E-state index contributed by atoms with van der Waals surface area (Å²) in [5.74, 6) is 0.763. The molecule has 5 heteroatoms. The van der Waals surface area contributed by atoms with Crippen LogP contribution in [-0.2, 0) is 11.3 Å². The standard InChI is InChI=1S/C15H19NO3S/c1-18-15-7-3-2-6-14(15)16-9-12(17)10-19-11-13-5-4-8-20-13/h2-8,12,16-17H,9-11H2,1H3. The molecule has 108 valence electrons. The fourth-order valence-corrected chi connectivity index (χ4v) is 2.41. The second-order valence-corrected chi connectivity index (χ2v) is 5.36. The highest BCUT2D eigenvalue weighted by atomic mass is 32.1. The lowest BCUT2D eigenvalue weighted by molar-refractivity contribution is 0.0358. The summed E-state index contributed by atoms with van der Waals surface area (Å²) < 4.78 is 10.7. The molecule has 1 atom stereocenters. The zero-order valence-corrected chi connectivity index (χ0v) is 12.2. The average molecular weight is 293 g/mol. The van der Waals surface area contributed by atoms with E-state index in [1.165, 1.54) is 0 Å². The van der Waals surface area contributed by atoms with E-state index in [4.69, 9.17) is 9.47 Å². The first-order chi connectivity index (χ1) is 9.79. The summed E-state index contributed by atoms with van der Waals surface area (Å²) in [6, 6.07) is 11.6. The largest absolute Gasteiger partial charge is 0.495 e. The lowest BCUT2D eigenvalue weighted by Crippen LogP contribution is -2.24. The number of anilines is 1. The van der Waals surface area contributed by atoms with E-state index < -0.39 is 6.10 Å². The van der Waals surface area contributed by atoms with Gasteiger partial charge >= 0.3 is 0 Å². The van der Waals surface area contributed by atoms with E-state index in [0.29, 0.717) is 19.8 Å². The molecule has 0 amide bonds. The van der Waals surface area contributed by atoms with Gasteiger partial charge in [-0.25, -0.2) is 0 Å². The van der Waals surface area contributed by atoms with Gasteiger partial charge in [-0.15, -0.1) is 11.3 Å². The number of thiophene rings is 1.